The summed E-state index contributed by atoms with van der Waals surface area (Å²) in [5.41, 5.74) is 5.31. The number of nitrogens with one attached hydrogen (secondary N) is 2. The summed E-state index contributed by atoms with van der Waals surface area (Å²) in [6, 6.07) is 1.02. The first-order chi connectivity index (χ1) is 17.6. The van der Waals surface area contributed by atoms with Gasteiger partial charge in [0.25, 0.3) is 0 Å². The highest BCUT2D eigenvalue weighted by Gasteiger charge is 2.38. The third-order valence-corrected chi connectivity index (χ3v) is 7.67. The molecule has 12 heteroatoms. The van der Waals surface area contributed by atoms with E-state index in [-0.39, 0.29) is 30.0 Å². The second kappa shape index (κ2) is 9.81. The van der Waals surface area contributed by atoms with Crippen molar-refractivity contribution in [3.63, 3.8) is 0 Å². The van der Waals surface area contributed by atoms with E-state index in [9.17, 15) is 23.1 Å². The molecule has 9 nitrogen and oxygen atoms in total. The molecule has 1 amide bonds. The van der Waals surface area contributed by atoms with Crippen LogP contribution in [-0.2, 0) is 4.79 Å². The Hall–Kier alpha value is -3.41. The van der Waals surface area contributed by atoms with E-state index < -0.39 is 28.6 Å². The molecule has 0 unspecified atom stereocenters. The van der Waals surface area contributed by atoms with Crippen molar-refractivity contribution in [1.29, 1.82) is 0 Å². The quantitative estimate of drug-likeness (QED) is 0.383. The molecule has 2 aromatic heterocycles. The Morgan fingerprint density at radius 1 is 1.14 bits per heavy atom. The molecule has 0 spiro atoms. The van der Waals surface area contributed by atoms with Crippen molar-refractivity contribution in [1.82, 2.24) is 19.5 Å². The minimum absolute atomic E-state index is 0.0172. The minimum Gasteiger partial charge on any atom is -0.393 e. The SMILES string of the molecule is C[C@]1(C(N)=O)CC[C@@H](n2c(Nc3c(F)cc(F)cc3F)nc3cnc(N[C@@H]4CCC[C@@H](O)C4)nc32)CC1. The fourth-order valence-corrected chi connectivity index (χ4v) is 5.39. The molecule has 2 aliphatic carbocycles. The second-order valence-electron chi connectivity index (χ2n) is 10.4. The third-order valence-electron chi connectivity index (χ3n) is 7.67. The summed E-state index contributed by atoms with van der Waals surface area (Å²) in [4.78, 5) is 25.5. The first-order valence-electron chi connectivity index (χ1n) is 12.5. The Morgan fingerprint density at radius 3 is 2.49 bits per heavy atom. The highest BCUT2D eigenvalue weighted by Crippen LogP contribution is 2.43. The van der Waals surface area contributed by atoms with Gasteiger partial charge in [0, 0.05) is 29.6 Å². The third kappa shape index (κ3) is 5.07. The van der Waals surface area contributed by atoms with Gasteiger partial charge in [0.2, 0.25) is 17.8 Å². The van der Waals surface area contributed by atoms with Gasteiger partial charge >= 0.3 is 0 Å². The number of nitrogens with two attached hydrogens (primary N) is 1. The standard InChI is InChI=1S/C25H30F3N7O2/c1-25(22(29)37)7-5-15(6-8-25)35-21-19(12-30-23(34-21)31-14-3-2-4-16(36)11-14)32-24(35)33-20-17(27)9-13(26)10-18(20)28/h9-10,12,14-16,36H,2-8,11H2,1H3,(H2,29,37)(H,32,33)(H,30,31,34)/t14-,15-,16-,25+/m1/s1. The van der Waals surface area contributed by atoms with Crippen molar-refractivity contribution in [2.75, 3.05) is 10.6 Å². The first kappa shape index (κ1) is 25.2. The highest BCUT2D eigenvalue weighted by atomic mass is 19.1. The van der Waals surface area contributed by atoms with Crippen LogP contribution in [0.3, 0.4) is 0 Å². The molecule has 1 aromatic carbocycles. The van der Waals surface area contributed by atoms with Crippen LogP contribution in [0.25, 0.3) is 11.2 Å². The highest BCUT2D eigenvalue weighted by molar-refractivity contribution is 5.80. The van der Waals surface area contributed by atoms with Crippen molar-refractivity contribution in [3.05, 3.63) is 35.8 Å². The van der Waals surface area contributed by atoms with Gasteiger partial charge in [-0.05, 0) is 51.4 Å². The normalized spacial score (nSPS) is 26.2. The number of rotatable bonds is 6. The summed E-state index contributed by atoms with van der Waals surface area (Å²) < 4.78 is 44.2. The number of nitrogens with zero attached hydrogens (tertiary/aromatic N) is 4. The van der Waals surface area contributed by atoms with E-state index in [1.165, 1.54) is 6.20 Å². The number of hydrogen-bond acceptors (Lipinski definition) is 7. The van der Waals surface area contributed by atoms with E-state index in [2.05, 4.69) is 25.6 Å². The molecular weight excluding hydrogens is 487 g/mol. The van der Waals surface area contributed by atoms with E-state index in [1.807, 2.05) is 6.92 Å². The number of benzene rings is 1. The Kier molecular flexibility index (Phi) is 6.69. The smallest absolute Gasteiger partial charge is 0.224 e. The molecule has 2 fully saturated rings. The van der Waals surface area contributed by atoms with E-state index in [0.717, 1.165) is 19.3 Å². The fraction of sp³-hybridized carbons (Fsp3) is 0.520. The molecule has 0 radical (unpaired) electrons. The van der Waals surface area contributed by atoms with Crippen LogP contribution < -0.4 is 16.4 Å². The number of anilines is 3. The van der Waals surface area contributed by atoms with Gasteiger partial charge in [0.1, 0.15) is 17.0 Å². The molecule has 2 saturated carbocycles. The molecule has 198 valence electrons. The summed E-state index contributed by atoms with van der Waals surface area (Å²) in [6.07, 6.45) is 6.46. The zero-order valence-electron chi connectivity index (χ0n) is 20.5. The molecule has 0 saturated heterocycles. The lowest BCUT2D eigenvalue weighted by molar-refractivity contribution is -0.128. The largest absolute Gasteiger partial charge is 0.393 e. The maximum absolute atomic E-state index is 14.5. The maximum Gasteiger partial charge on any atom is 0.224 e. The number of primary amides is 1. The summed E-state index contributed by atoms with van der Waals surface area (Å²) in [6.45, 7) is 1.84. The van der Waals surface area contributed by atoms with Crippen LogP contribution in [-0.4, -0.2) is 42.7 Å². The summed E-state index contributed by atoms with van der Waals surface area (Å²) in [5, 5.41) is 16.0. The molecule has 0 bridgehead atoms. The molecular formula is C25H30F3N7O2. The molecule has 2 heterocycles. The number of halogens is 3. The monoisotopic (exact) mass is 517 g/mol. The van der Waals surface area contributed by atoms with Gasteiger partial charge in [-0.2, -0.15) is 4.98 Å². The Balaban J connectivity index is 1.52. The number of hydrogen-bond donors (Lipinski definition) is 4. The molecule has 5 N–H and O–H groups in total. The van der Waals surface area contributed by atoms with Crippen LogP contribution >= 0.6 is 0 Å². The van der Waals surface area contributed by atoms with Crippen molar-refractivity contribution in [3.8, 4) is 0 Å². The number of imidazole rings is 1. The van der Waals surface area contributed by atoms with Gasteiger partial charge in [0.15, 0.2) is 17.3 Å². The first-order valence-corrected chi connectivity index (χ1v) is 12.5. The van der Waals surface area contributed by atoms with Crippen LogP contribution in [0.2, 0.25) is 0 Å². The number of amides is 1. The van der Waals surface area contributed by atoms with Crippen LogP contribution in [0, 0.1) is 22.9 Å². The van der Waals surface area contributed by atoms with Gasteiger partial charge in [-0.3, -0.25) is 9.36 Å². The van der Waals surface area contributed by atoms with Crippen LogP contribution in [0.5, 0.6) is 0 Å². The fourth-order valence-electron chi connectivity index (χ4n) is 5.39. The van der Waals surface area contributed by atoms with Crippen LogP contribution in [0.15, 0.2) is 18.3 Å². The lowest BCUT2D eigenvalue weighted by atomic mass is 9.73. The van der Waals surface area contributed by atoms with Crippen molar-refractivity contribution < 1.29 is 23.1 Å². The zero-order valence-corrected chi connectivity index (χ0v) is 20.5. The molecule has 2 aliphatic rings. The minimum atomic E-state index is -1.09. The van der Waals surface area contributed by atoms with Crippen LogP contribution in [0.4, 0.5) is 30.8 Å². The predicted molar refractivity (Wildman–Crippen MR) is 132 cm³/mol. The summed E-state index contributed by atoms with van der Waals surface area (Å²) in [7, 11) is 0. The molecule has 2 atom stereocenters. The molecule has 3 aromatic rings. The topological polar surface area (TPSA) is 131 Å². The van der Waals surface area contributed by atoms with Crippen molar-refractivity contribution >= 4 is 34.7 Å². The van der Waals surface area contributed by atoms with Crippen molar-refractivity contribution in [2.45, 2.75) is 76.5 Å². The second-order valence-corrected chi connectivity index (χ2v) is 10.4. The van der Waals surface area contributed by atoms with E-state index >= 15 is 0 Å². The number of carbonyl (C=O) groups is 1. The average Bonchev–Trinajstić information content (AvgIpc) is 3.19. The van der Waals surface area contributed by atoms with E-state index in [0.29, 0.717) is 61.3 Å². The lowest BCUT2D eigenvalue weighted by Crippen LogP contribution is -2.38. The lowest BCUT2D eigenvalue weighted by Gasteiger charge is -2.35. The predicted octanol–water partition coefficient (Wildman–Crippen LogP) is 4.31. The number of aromatic nitrogens is 4. The number of aliphatic hydroxyl groups excluding tert-OH is 1. The summed E-state index contributed by atoms with van der Waals surface area (Å²) >= 11 is 0. The average molecular weight is 518 g/mol. The summed E-state index contributed by atoms with van der Waals surface area (Å²) in [5.74, 6) is -3.08. The van der Waals surface area contributed by atoms with Gasteiger partial charge in [-0.15, -0.1) is 0 Å². The zero-order chi connectivity index (χ0) is 26.3. The molecule has 5 rings (SSSR count). The Labute approximate surface area is 211 Å². The van der Waals surface area contributed by atoms with Gasteiger partial charge in [0.05, 0.1) is 12.3 Å². The van der Waals surface area contributed by atoms with Gasteiger partial charge in [-0.25, -0.2) is 23.1 Å². The number of aliphatic hydroxyl groups is 1. The number of fused-ring (bicyclic) bond motifs is 1. The maximum atomic E-state index is 14.5. The Bertz CT molecular complexity index is 1300. The Morgan fingerprint density at radius 2 is 1.84 bits per heavy atom. The van der Waals surface area contributed by atoms with E-state index in [1.54, 1.807) is 4.57 Å². The van der Waals surface area contributed by atoms with Gasteiger partial charge < -0.3 is 21.5 Å². The molecule has 0 aliphatic heterocycles. The number of carbonyl (C=O) groups excluding carboxylic acids is 1. The van der Waals surface area contributed by atoms with Crippen LogP contribution in [0.1, 0.15) is 64.3 Å². The van der Waals surface area contributed by atoms with Crippen molar-refractivity contribution in [2.24, 2.45) is 11.1 Å². The van der Waals surface area contributed by atoms with Gasteiger partial charge in [-0.1, -0.05) is 6.92 Å². The van der Waals surface area contributed by atoms with E-state index in [4.69, 9.17) is 5.73 Å². The molecule has 37 heavy (non-hydrogen) atoms.